The van der Waals surface area contributed by atoms with Crippen LogP contribution in [0.4, 0.5) is 0 Å². The van der Waals surface area contributed by atoms with Gasteiger partial charge in [-0.3, -0.25) is 9.78 Å². The predicted octanol–water partition coefficient (Wildman–Crippen LogP) is -1.06. The van der Waals surface area contributed by atoms with Crippen LogP contribution in [-0.4, -0.2) is 55.0 Å². The molecule has 1 aliphatic heterocycles. The number of hydrogen-bond acceptors (Lipinski definition) is 5. The summed E-state index contributed by atoms with van der Waals surface area (Å²) in [6, 6.07) is 1.38. The summed E-state index contributed by atoms with van der Waals surface area (Å²) in [5.41, 5.74) is 0.393. The quantitative estimate of drug-likeness (QED) is 0.678. The van der Waals surface area contributed by atoms with Crippen molar-refractivity contribution >= 4 is 15.9 Å². The second-order valence-corrected chi connectivity index (χ2v) is 6.35. The molecule has 0 spiro atoms. The molecule has 1 amide bonds. The van der Waals surface area contributed by atoms with Crippen molar-refractivity contribution in [2.75, 3.05) is 26.2 Å². The van der Waals surface area contributed by atoms with Gasteiger partial charge in [-0.2, -0.15) is 4.31 Å². The van der Waals surface area contributed by atoms with E-state index in [1.807, 2.05) is 0 Å². The van der Waals surface area contributed by atoms with Crippen LogP contribution < -0.4 is 5.32 Å². The number of pyridine rings is 1. The van der Waals surface area contributed by atoms with Crippen molar-refractivity contribution in [2.24, 2.45) is 0 Å². The van der Waals surface area contributed by atoms with Gasteiger partial charge in [-0.1, -0.05) is 11.8 Å². The summed E-state index contributed by atoms with van der Waals surface area (Å²) in [6.45, 7) is 0.219. The fourth-order valence-electron chi connectivity index (χ4n) is 1.90. The molecule has 1 aromatic rings. The van der Waals surface area contributed by atoms with Crippen LogP contribution in [-0.2, 0) is 14.8 Å². The highest BCUT2D eigenvalue weighted by Crippen LogP contribution is 2.16. The molecule has 7 nitrogen and oxygen atoms in total. The van der Waals surface area contributed by atoms with E-state index in [1.54, 1.807) is 0 Å². The zero-order valence-corrected chi connectivity index (χ0v) is 12.1. The third-order valence-electron chi connectivity index (χ3n) is 2.89. The van der Waals surface area contributed by atoms with Gasteiger partial charge in [0.1, 0.15) is 11.5 Å². The SMILES string of the molecule is O=C1CN(S(=O)(=O)c2cncc(C#CCO)c2)CCCN1. The van der Waals surface area contributed by atoms with Crippen molar-refractivity contribution in [1.29, 1.82) is 0 Å². The van der Waals surface area contributed by atoms with E-state index >= 15 is 0 Å². The summed E-state index contributed by atoms with van der Waals surface area (Å²) in [4.78, 5) is 15.3. The molecule has 0 saturated carbocycles. The summed E-state index contributed by atoms with van der Waals surface area (Å²) < 4.78 is 26.2. The maximum Gasteiger partial charge on any atom is 0.245 e. The highest BCUT2D eigenvalue weighted by Gasteiger charge is 2.28. The minimum absolute atomic E-state index is 0.0121. The number of rotatable bonds is 2. The van der Waals surface area contributed by atoms with Crippen LogP contribution in [0.2, 0.25) is 0 Å². The second kappa shape index (κ2) is 6.67. The van der Waals surface area contributed by atoms with E-state index in [0.29, 0.717) is 18.5 Å². The molecule has 21 heavy (non-hydrogen) atoms. The van der Waals surface area contributed by atoms with Crippen LogP contribution in [0.5, 0.6) is 0 Å². The molecule has 2 rings (SSSR count). The Labute approximate surface area is 123 Å². The van der Waals surface area contributed by atoms with E-state index in [0.717, 1.165) is 4.31 Å². The molecule has 0 atom stereocenters. The molecule has 2 N–H and O–H groups in total. The van der Waals surface area contributed by atoms with E-state index in [4.69, 9.17) is 5.11 Å². The molecule has 1 fully saturated rings. The molecule has 112 valence electrons. The van der Waals surface area contributed by atoms with E-state index in [1.165, 1.54) is 18.5 Å². The number of hydrogen-bond donors (Lipinski definition) is 2. The topological polar surface area (TPSA) is 99.6 Å². The zero-order chi connectivity index (χ0) is 15.3. The van der Waals surface area contributed by atoms with E-state index < -0.39 is 10.0 Å². The van der Waals surface area contributed by atoms with Gasteiger partial charge in [-0.15, -0.1) is 0 Å². The van der Waals surface area contributed by atoms with Gasteiger partial charge in [0.05, 0.1) is 6.54 Å². The van der Waals surface area contributed by atoms with Crippen LogP contribution >= 0.6 is 0 Å². The molecule has 8 heteroatoms. The summed E-state index contributed by atoms with van der Waals surface area (Å²) in [5, 5.41) is 11.3. The molecule has 1 aromatic heterocycles. The monoisotopic (exact) mass is 309 g/mol. The zero-order valence-electron chi connectivity index (χ0n) is 11.2. The molecule has 0 aromatic carbocycles. The van der Waals surface area contributed by atoms with E-state index in [9.17, 15) is 13.2 Å². The van der Waals surface area contributed by atoms with Crippen LogP contribution in [0.1, 0.15) is 12.0 Å². The summed E-state index contributed by atoms with van der Waals surface area (Å²) >= 11 is 0. The molecule has 1 aliphatic rings. The lowest BCUT2D eigenvalue weighted by atomic mass is 10.3. The summed E-state index contributed by atoms with van der Waals surface area (Å²) in [5.74, 6) is 4.72. The number of carbonyl (C=O) groups is 1. The smallest absolute Gasteiger partial charge is 0.245 e. The van der Waals surface area contributed by atoms with Crippen molar-refractivity contribution in [3.05, 3.63) is 24.0 Å². The Morgan fingerprint density at radius 1 is 1.43 bits per heavy atom. The van der Waals surface area contributed by atoms with Crippen molar-refractivity contribution in [3.63, 3.8) is 0 Å². The van der Waals surface area contributed by atoms with Gasteiger partial charge in [0.15, 0.2) is 0 Å². The number of aliphatic hydroxyl groups is 1. The van der Waals surface area contributed by atoms with Gasteiger partial charge in [0.25, 0.3) is 0 Å². The summed E-state index contributed by atoms with van der Waals surface area (Å²) in [6.07, 6.45) is 3.20. The molecule has 0 aliphatic carbocycles. The Morgan fingerprint density at radius 2 is 2.24 bits per heavy atom. The third kappa shape index (κ3) is 3.78. The van der Waals surface area contributed by atoms with Gasteiger partial charge >= 0.3 is 0 Å². The van der Waals surface area contributed by atoms with Crippen LogP contribution in [0, 0.1) is 11.8 Å². The standard InChI is InChI=1S/C13H15N3O4S/c17-6-1-3-11-7-12(9-14-8-11)21(19,20)16-5-2-4-15-13(18)10-16/h7-9,17H,2,4-6,10H2,(H,15,18). The van der Waals surface area contributed by atoms with E-state index in [2.05, 4.69) is 22.1 Å². The first-order valence-corrected chi connectivity index (χ1v) is 7.79. The highest BCUT2D eigenvalue weighted by molar-refractivity contribution is 7.89. The number of nitrogens with zero attached hydrogens (tertiary/aromatic N) is 2. The normalized spacial score (nSPS) is 16.5. The number of amides is 1. The number of carbonyl (C=O) groups excluding carboxylic acids is 1. The van der Waals surface area contributed by atoms with Crippen molar-refractivity contribution in [1.82, 2.24) is 14.6 Å². The Hall–Kier alpha value is -1.95. The van der Waals surface area contributed by atoms with Crippen molar-refractivity contribution in [2.45, 2.75) is 11.3 Å². The molecular weight excluding hydrogens is 294 g/mol. The van der Waals surface area contributed by atoms with Gasteiger partial charge in [-0.25, -0.2) is 8.42 Å². The third-order valence-corrected chi connectivity index (χ3v) is 4.70. The molecular formula is C13H15N3O4S. The van der Waals surface area contributed by atoms with E-state index in [-0.39, 0.29) is 30.5 Å². The lowest BCUT2D eigenvalue weighted by Gasteiger charge is -2.18. The first kappa shape index (κ1) is 15.4. The lowest BCUT2D eigenvalue weighted by molar-refractivity contribution is -0.120. The van der Waals surface area contributed by atoms with Gasteiger partial charge in [-0.05, 0) is 12.5 Å². The average molecular weight is 309 g/mol. The lowest BCUT2D eigenvalue weighted by Crippen LogP contribution is -2.37. The minimum Gasteiger partial charge on any atom is -0.384 e. The molecule has 1 saturated heterocycles. The predicted molar refractivity (Wildman–Crippen MR) is 74.6 cm³/mol. The van der Waals surface area contributed by atoms with Gasteiger partial charge in [0.2, 0.25) is 15.9 Å². The molecule has 0 unspecified atom stereocenters. The Kier molecular flexibility index (Phi) is 4.90. The van der Waals surface area contributed by atoms with Crippen molar-refractivity contribution < 1.29 is 18.3 Å². The number of sulfonamides is 1. The molecule has 2 heterocycles. The fraction of sp³-hybridized carbons (Fsp3) is 0.385. The number of aromatic nitrogens is 1. The average Bonchev–Trinajstić information content (AvgIpc) is 2.70. The summed E-state index contributed by atoms with van der Waals surface area (Å²) in [7, 11) is -3.79. The second-order valence-electron chi connectivity index (χ2n) is 4.41. The number of nitrogens with one attached hydrogen (secondary N) is 1. The Bertz CT molecular complexity index is 691. The van der Waals surface area contributed by atoms with Crippen LogP contribution in [0.15, 0.2) is 23.4 Å². The number of aliphatic hydroxyl groups excluding tert-OH is 1. The minimum atomic E-state index is -3.79. The molecule has 0 bridgehead atoms. The van der Waals surface area contributed by atoms with Crippen LogP contribution in [0.25, 0.3) is 0 Å². The maximum atomic E-state index is 12.5. The Balaban J connectivity index is 2.32. The van der Waals surface area contributed by atoms with Gasteiger partial charge < -0.3 is 10.4 Å². The largest absolute Gasteiger partial charge is 0.384 e. The Morgan fingerprint density at radius 3 is 3.00 bits per heavy atom. The molecule has 0 radical (unpaired) electrons. The van der Waals surface area contributed by atoms with Crippen LogP contribution in [0.3, 0.4) is 0 Å². The highest BCUT2D eigenvalue weighted by atomic mass is 32.2. The van der Waals surface area contributed by atoms with Crippen molar-refractivity contribution in [3.8, 4) is 11.8 Å². The van der Waals surface area contributed by atoms with Gasteiger partial charge in [0, 0.05) is 31.0 Å². The fourth-order valence-corrected chi connectivity index (χ4v) is 3.33. The first-order chi connectivity index (χ1) is 10.0. The maximum absolute atomic E-state index is 12.5. The first-order valence-electron chi connectivity index (χ1n) is 6.35.